The van der Waals surface area contributed by atoms with Gasteiger partial charge in [0.15, 0.2) is 0 Å². The van der Waals surface area contributed by atoms with Gasteiger partial charge in [-0.15, -0.1) is 0 Å². The lowest BCUT2D eigenvalue weighted by molar-refractivity contribution is -0.137. The van der Waals surface area contributed by atoms with Crippen molar-refractivity contribution < 1.29 is 22.7 Å². The van der Waals surface area contributed by atoms with Crippen LogP contribution >= 0.6 is 0 Å². The molecule has 10 heteroatoms. The van der Waals surface area contributed by atoms with Gasteiger partial charge in [-0.25, -0.2) is 9.37 Å². The van der Waals surface area contributed by atoms with E-state index in [1.165, 1.54) is 6.07 Å². The Kier molecular flexibility index (Phi) is 6.23. The lowest BCUT2D eigenvalue weighted by atomic mass is 10.1. The van der Waals surface area contributed by atoms with E-state index in [0.717, 1.165) is 18.2 Å². The van der Waals surface area contributed by atoms with Gasteiger partial charge >= 0.3 is 6.18 Å². The summed E-state index contributed by atoms with van der Waals surface area (Å²) in [6.07, 6.45) is -1.23. The molecule has 3 aromatic rings. The maximum absolute atomic E-state index is 14.2. The van der Waals surface area contributed by atoms with E-state index in [9.17, 15) is 17.6 Å². The van der Waals surface area contributed by atoms with Crippen molar-refractivity contribution in [1.29, 1.82) is 0 Å². The Morgan fingerprint density at radius 1 is 1.03 bits per heavy atom. The SMILES string of the molecule is OCCCNc1nc(Nc2c(F)cccc2C(F)(F)F)cc(-c2ccncc2)n1. The van der Waals surface area contributed by atoms with Gasteiger partial charge in [-0.1, -0.05) is 6.07 Å². The van der Waals surface area contributed by atoms with E-state index < -0.39 is 23.2 Å². The van der Waals surface area contributed by atoms with E-state index in [-0.39, 0.29) is 18.4 Å². The molecule has 0 aliphatic carbocycles. The van der Waals surface area contributed by atoms with Gasteiger partial charge in [0.1, 0.15) is 11.6 Å². The first-order chi connectivity index (χ1) is 13.9. The number of aromatic nitrogens is 3. The van der Waals surface area contributed by atoms with Crippen LogP contribution in [0.5, 0.6) is 0 Å². The number of para-hydroxylation sites is 1. The summed E-state index contributed by atoms with van der Waals surface area (Å²) in [7, 11) is 0. The van der Waals surface area contributed by atoms with E-state index in [1.54, 1.807) is 24.5 Å². The topological polar surface area (TPSA) is 83.0 Å². The summed E-state index contributed by atoms with van der Waals surface area (Å²) < 4.78 is 54.0. The Hall–Kier alpha value is -3.27. The molecule has 0 spiro atoms. The molecule has 0 fully saturated rings. The van der Waals surface area contributed by atoms with Crippen LogP contribution in [0.25, 0.3) is 11.3 Å². The van der Waals surface area contributed by atoms with Gasteiger partial charge in [-0.2, -0.15) is 18.2 Å². The number of aliphatic hydroxyl groups excluding tert-OH is 1. The number of hydrogen-bond donors (Lipinski definition) is 3. The first-order valence-electron chi connectivity index (χ1n) is 8.65. The normalized spacial score (nSPS) is 11.3. The van der Waals surface area contributed by atoms with Gasteiger partial charge in [-0.05, 0) is 30.7 Å². The van der Waals surface area contributed by atoms with Crippen molar-refractivity contribution in [2.45, 2.75) is 12.6 Å². The van der Waals surface area contributed by atoms with E-state index in [1.807, 2.05) is 0 Å². The molecule has 0 aliphatic rings. The molecule has 0 atom stereocenters. The summed E-state index contributed by atoms with van der Waals surface area (Å²) in [6.45, 7) is 0.301. The Labute approximate surface area is 163 Å². The van der Waals surface area contributed by atoms with Crippen LogP contribution in [0.4, 0.5) is 35.0 Å². The van der Waals surface area contributed by atoms with Crippen molar-refractivity contribution >= 4 is 17.5 Å². The molecule has 0 unspecified atom stereocenters. The number of nitrogens with one attached hydrogen (secondary N) is 2. The third kappa shape index (κ3) is 5.17. The highest BCUT2D eigenvalue weighted by Gasteiger charge is 2.35. The van der Waals surface area contributed by atoms with E-state index in [4.69, 9.17) is 5.11 Å². The fourth-order valence-electron chi connectivity index (χ4n) is 2.56. The molecular formula is C19H17F4N5O. The molecule has 0 amide bonds. The standard InChI is InChI=1S/C19H17F4N5O/c20-14-4-1-3-13(19(21,22)23)17(14)27-16-11-15(12-5-8-24-9-6-12)26-18(28-16)25-7-2-10-29/h1,3-6,8-9,11,29H,2,7,10H2,(H2,25,26,27,28). The van der Waals surface area contributed by atoms with E-state index >= 15 is 0 Å². The monoisotopic (exact) mass is 407 g/mol. The number of benzene rings is 1. The van der Waals surface area contributed by atoms with Crippen molar-refractivity contribution in [2.24, 2.45) is 0 Å². The van der Waals surface area contributed by atoms with Crippen LogP contribution in [-0.2, 0) is 6.18 Å². The minimum Gasteiger partial charge on any atom is -0.396 e. The summed E-state index contributed by atoms with van der Waals surface area (Å²) in [5.74, 6) is -0.951. The summed E-state index contributed by atoms with van der Waals surface area (Å²) in [6, 6.07) is 7.48. The number of aliphatic hydroxyl groups is 1. The van der Waals surface area contributed by atoms with Gasteiger partial charge in [0.2, 0.25) is 5.95 Å². The highest BCUT2D eigenvalue weighted by molar-refractivity contribution is 5.69. The fraction of sp³-hybridized carbons (Fsp3) is 0.211. The molecule has 1 aromatic carbocycles. The van der Waals surface area contributed by atoms with Gasteiger partial charge in [0, 0.05) is 37.2 Å². The van der Waals surface area contributed by atoms with Crippen molar-refractivity contribution in [3.05, 3.63) is 60.2 Å². The predicted molar refractivity (Wildman–Crippen MR) is 100 cm³/mol. The molecule has 29 heavy (non-hydrogen) atoms. The second-order valence-corrected chi connectivity index (χ2v) is 5.99. The minimum atomic E-state index is -4.74. The maximum atomic E-state index is 14.2. The lowest BCUT2D eigenvalue weighted by Crippen LogP contribution is -2.12. The number of hydrogen-bond acceptors (Lipinski definition) is 6. The number of halogens is 4. The number of alkyl halides is 3. The summed E-state index contributed by atoms with van der Waals surface area (Å²) >= 11 is 0. The van der Waals surface area contributed by atoms with Crippen LogP contribution in [0, 0.1) is 5.82 Å². The highest BCUT2D eigenvalue weighted by Crippen LogP contribution is 2.37. The van der Waals surface area contributed by atoms with Gasteiger partial charge in [-0.3, -0.25) is 4.98 Å². The minimum absolute atomic E-state index is 0.0195. The predicted octanol–water partition coefficient (Wildman–Crippen LogP) is 4.23. The van der Waals surface area contributed by atoms with Crippen molar-refractivity contribution in [3.63, 3.8) is 0 Å². The molecule has 3 N–H and O–H groups in total. The zero-order valence-corrected chi connectivity index (χ0v) is 15.0. The summed E-state index contributed by atoms with van der Waals surface area (Å²) in [5.41, 5.74) is -0.807. The van der Waals surface area contributed by atoms with Crippen molar-refractivity contribution in [2.75, 3.05) is 23.8 Å². The molecule has 3 rings (SSSR count). The quantitative estimate of drug-likeness (QED) is 0.402. The average molecular weight is 407 g/mol. The van der Waals surface area contributed by atoms with Crippen LogP contribution in [0.1, 0.15) is 12.0 Å². The first-order valence-corrected chi connectivity index (χ1v) is 8.65. The molecule has 0 aliphatic heterocycles. The first kappa shape index (κ1) is 20.5. The zero-order chi connectivity index (χ0) is 20.9. The molecule has 0 bridgehead atoms. The van der Waals surface area contributed by atoms with Crippen LogP contribution in [0.3, 0.4) is 0 Å². The largest absolute Gasteiger partial charge is 0.418 e. The Balaban J connectivity index is 2.02. The highest BCUT2D eigenvalue weighted by atomic mass is 19.4. The van der Waals surface area contributed by atoms with Gasteiger partial charge in [0.25, 0.3) is 0 Å². The van der Waals surface area contributed by atoms with E-state index in [0.29, 0.717) is 24.2 Å². The third-order valence-electron chi connectivity index (χ3n) is 3.89. The van der Waals surface area contributed by atoms with Crippen molar-refractivity contribution in [3.8, 4) is 11.3 Å². The average Bonchev–Trinajstić information content (AvgIpc) is 2.69. The Morgan fingerprint density at radius 3 is 2.48 bits per heavy atom. The lowest BCUT2D eigenvalue weighted by Gasteiger charge is -2.16. The smallest absolute Gasteiger partial charge is 0.396 e. The number of anilines is 3. The Morgan fingerprint density at radius 2 is 1.79 bits per heavy atom. The summed E-state index contributed by atoms with van der Waals surface area (Å²) in [5, 5.41) is 14.2. The van der Waals surface area contributed by atoms with Crippen LogP contribution in [0.15, 0.2) is 48.8 Å². The van der Waals surface area contributed by atoms with Gasteiger partial charge in [0.05, 0.1) is 16.9 Å². The molecule has 0 radical (unpaired) electrons. The number of rotatable bonds is 7. The maximum Gasteiger partial charge on any atom is 0.418 e. The van der Waals surface area contributed by atoms with Crippen LogP contribution in [0.2, 0.25) is 0 Å². The van der Waals surface area contributed by atoms with Crippen LogP contribution in [-0.4, -0.2) is 33.2 Å². The molecular weight excluding hydrogens is 390 g/mol. The molecule has 2 heterocycles. The van der Waals surface area contributed by atoms with Crippen molar-refractivity contribution in [1.82, 2.24) is 15.0 Å². The number of nitrogens with zero attached hydrogens (tertiary/aromatic N) is 3. The number of pyridine rings is 1. The second kappa shape index (κ2) is 8.82. The second-order valence-electron chi connectivity index (χ2n) is 5.99. The zero-order valence-electron chi connectivity index (χ0n) is 15.0. The molecule has 6 nitrogen and oxygen atoms in total. The summed E-state index contributed by atoms with van der Waals surface area (Å²) in [4.78, 5) is 12.4. The molecule has 0 saturated carbocycles. The molecule has 152 valence electrons. The van der Waals surface area contributed by atoms with E-state index in [2.05, 4.69) is 25.6 Å². The fourth-order valence-corrected chi connectivity index (χ4v) is 2.56. The molecule has 2 aromatic heterocycles. The van der Waals surface area contributed by atoms with Gasteiger partial charge < -0.3 is 15.7 Å². The van der Waals surface area contributed by atoms with Crippen LogP contribution < -0.4 is 10.6 Å². The Bertz CT molecular complexity index is 967. The third-order valence-corrected chi connectivity index (χ3v) is 3.89. The molecule has 0 saturated heterocycles.